The lowest BCUT2D eigenvalue weighted by molar-refractivity contribution is -0.120. The standard InChI is InChI=1S/C26H22ClFN2O3/c1-15(2)33-20-13-7-17(8-14-20)23-24(29-22-6-4-5-21(27)16(22)3)26(32)30(25(23)31)19-11-9-18(28)10-12-19/h4-15,29H,1-3H3. The van der Waals surface area contributed by atoms with Crippen molar-refractivity contribution in [1.29, 1.82) is 0 Å². The summed E-state index contributed by atoms with van der Waals surface area (Å²) in [6.07, 6.45) is 0.00163. The first kappa shape index (κ1) is 22.6. The Morgan fingerprint density at radius 1 is 0.939 bits per heavy atom. The van der Waals surface area contributed by atoms with Gasteiger partial charge in [-0.05, 0) is 80.4 Å². The van der Waals surface area contributed by atoms with Crippen molar-refractivity contribution in [3.63, 3.8) is 0 Å². The van der Waals surface area contributed by atoms with Crippen LogP contribution >= 0.6 is 11.6 Å². The number of benzene rings is 3. The molecule has 0 aromatic heterocycles. The van der Waals surface area contributed by atoms with Crippen molar-refractivity contribution >= 4 is 40.4 Å². The van der Waals surface area contributed by atoms with Crippen LogP contribution in [0, 0.1) is 12.7 Å². The molecule has 1 aliphatic rings. The highest BCUT2D eigenvalue weighted by Crippen LogP contribution is 2.35. The van der Waals surface area contributed by atoms with E-state index >= 15 is 0 Å². The van der Waals surface area contributed by atoms with Crippen LogP contribution in [-0.2, 0) is 9.59 Å². The Labute approximate surface area is 196 Å². The smallest absolute Gasteiger partial charge is 0.282 e. The summed E-state index contributed by atoms with van der Waals surface area (Å²) in [6, 6.07) is 17.5. The Kier molecular flexibility index (Phi) is 6.20. The summed E-state index contributed by atoms with van der Waals surface area (Å²) in [7, 11) is 0. The molecule has 5 nitrogen and oxygen atoms in total. The summed E-state index contributed by atoms with van der Waals surface area (Å²) in [5.74, 6) is -0.851. The van der Waals surface area contributed by atoms with Gasteiger partial charge in [-0.15, -0.1) is 0 Å². The van der Waals surface area contributed by atoms with Crippen molar-refractivity contribution in [3.8, 4) is 5.75 Å². The number of hydrogen-bond donors (Lipinski definition) is 1. The maximum atomic E-state index is 13.5. The van der Waals surface area contributed by atoms with Crippen LogP contribution in [0.3, 0.4) is 0 Å². The molecule has 0 bridgehead atoms. The maximum Gasteiger partial charge on any atom is 0.282 e. The molecular formula is C26H22ClFN2O3. The summed E-state index contributed by atoms with van der Waals surface area (Å²) in [5, 5.41) is 3.65. The van der Waals surface area contributed by atoms with Gasteiger partial charge in [0.05, 0.1) is 17.4 Å². The summed E-state index contributed by atoms with van der Waals surface area (Å²) in [5.41, 5.74) is 2.51. The Morgan fingerprint density at radius 2 is 1.61 bits per heavy atom. The zero-order chi connectivity index (χ0) is 23.7. The van der Waals surface area contributed by atoms with Crippen molar-refractivity contribution < 1.29 is 18.7 Å². The number of hydrogen-bond acceptors (Lipinski definition) is 4. The molecule has 168 valence electrons. The van der Waals surface area contributed by atoms with E-state index in [1.54, 1.807) is 42.5 Å². The average Bonchev–Trinajstić information content (AvgIpc) is 3.02. The molecule has 1 heterocycles. The number of anilines is 2. The molecule has 0 saturated heterocycles. The number of halogens is 2. The molecule has 0 saturated carbocycles. The van der Waals surface area contributed by atoms with Gasteiger partial charge >= 0.3 is 0 Å². The van der Waals surface area contributed by atoms with Gasteiger partial charge in [0, 0.05) is 10.7 Å². The zero-order valence-corrected chi connectivity index (χ0v) is 19.1. The quantitative estimate of drug-likeness (QED) is 0.456. The van der Waals surface area contributed by atoms with Crippen molar-refractivity contribution in [2.75, 3.05) is 10.2 Å². The third-order valence-corrected chi connectivity index (χ3v) is 5.62. The van der Waals surface area contributed by atoms with Crippen LogP contribution in [0.5, 0.6) is 5.75 Å². The highest BCUT2D eigenvalue weighted by atomic mass is 35.5. The van der Waals surface area contributed by atoms with Gasteiger partial charge in [-0.3, -0.25) is 9.59 Å². The molecule has 0 spiro atoms. The van der Waals surface area contributed by atoms with Crippen molar-refractivity contribution in [1.82, 2.24) is 0 Å². The van der Waals surface area contributed by atoms with E-state index in [9.17, 15) is 14.0 Å². The summed E-state index contributed by atoms with van der Waals surface area (Å²) < 4.78 is 19.1. The van der Waals surface area contributed by atoms with Crippen molar-refractivity contribution in [3.05, 3.63) is 94.4 Å². The van der Waals surface area contributed by atoms with Gasteiger partial charge in [-0.25, -0.2) is 9.29 Å². The maximum absolute atomic E-state index is 13.5. The summed E-state index contributed by atoms with van der Waals surface area (Å²) >= 11 is 6.25. The van der Waals surface area contributed by atoms with Gasteiger partial charge in [-0.2, -0.15) is 0 Å². The number of ether oxygens (including phenoxy) is 1. The molecule has 0 fully saturated rings. The fourth-order valence-electron chi connectivity index (χ4n) is 3.59. The van der Waals surface area contributed by atoms with E-state index in [2.05, 4.69) is 5.32 Å². The predicted molar refractivity (Wildman–Crippen MR) is 128 cm³/mol. The highest BCUT2D eigenvalue weighted by Gasteiger charge is 2.40. The zero-order valence-electron chi connectivity index (χ0n) is 18.4. The summed E-state index contributed by atoms with van der Waals surface area (Å²) in [6.45, 7) is 5.67. The molecule has 0 unspecified atom stereocenters. The largest absolute Gasteiger partial charge is 0.491 e. The average molecular weight is 465 g/mol. The van der Waals surface area contributed by atoms with Gasteiger partial charge in [0.15, 0.2) is 0 Å². The van der Waals surface area contributed by atoms with Crippen molar-refractivity contribution in [2.24, 2.45) is 0 Å². The molecule has 1 N–H and O–H groups in total. The van der Waals surface area contributed by atoms with Crippen molar-refractivity contribution in [2.45, 2.75) is 26.9 Å². The van der Waals surface area contributed by atoms with Gasteiger partial charge in [-0.1, -0.05) is 29.8 Å². The highest BCUT2D eigenvalue weighted by molar-refractivity contribution is 6.46. The van der Waals surface area contributed by atoms with Crippen LogP contribution in [0.1, 0.15) is 25.0 Å². The van der Waals surface area contributed by atoms with E-state index < -0.39 is 17.6 Å². The van der Waals surface area contributed by atoms with Crippen LogP contribution in [0.4, 0.5) is 15.8 Å². The van der Waals surface area contributed by atoms with Gasteiger partial charge in [0.2, 0.25) is 0 Å². The van der Waals surface area contributed by atoms with Crippen LogP contribution in [0.25, 0.3) is 5.57 Å². The number of carbonyl (C=O) groups excluding carboxylic acids is 2. The van der Waals surface area contributed by atoms with E-state index in [4.69, 9.17) is 16.3 Å². The molecule has 3 aromatic rings. The van der Waals surface area contributed by atoms with Gasteiger partial charge in [0.25, 0.3) is 11.8 Å². The minimum absolute atomic E-state index is 0.00163. The number of rotatable bonds is 6. The van der Waals surface area contributed by atoms with E-state index in [1.807, 2.05) is 20.8 Å². The van der Waals surface area contributed by atoms with Gasteiger partial charge in [0.1, 0.15) is 17.3 Å². The molecule has 0 atom stereocenters. The normalized spacial score (nSPS) is 13.8. The molecule has 7 heteroatoms. The van der Waals surface area contributed by atoms with Crippen LogP contribution in [0.2, 0.25) is 5.02 Å². The molecule has 33 heavy (non-hydrogen) atoms. The number of amides is 2. The number of carbonyl (C=O) groups is 2. The van der Waals surface area contributed by atoms with E-state index in [0.29, 0.717) is 22.0 Å². The second-order valence-electron chi connectivity index (χ2n) is 7.90. The molecule has 0 aliphatic carbocycles. The Morgan fingerprint density at radius 3 is 2.24 bits per heavy atom. The molecular weight excluding hydrogens is 443 g/mol. The molecule has 0 radical (unpaired) electrons. The Balaban J connectivity index is 1.80. The van der Waals surface area contributed by atoms with E-state index in [0.717, 1.165) is 10.5 Å². The van der Waals surface area contributed by atoms with E-state index in [1.165, 1.54) is 24.3 Å². The van der Waals surface area contributed by atoms with Gasteiger partial charge < -0.3 is 10.1 Å². The fourth-order valence-corrected chi connectivity index (χ4v) is 3.76. The number of nitrogens with one attached hydrogen (secondary N) is 1. The monoisotopic (exact) mass is 464 g/mol. The second kappa shape index (κ2) is 9.08. The second-order valence-corrected chi connectivity index (χ2v) is 8.31. The molecule has 4 rings (SSSR count). The minimum atomic E-state index is -0.538. The SMILES string of the molecule is Cc1c(Cl)cccc1NC1=C(c2ccc(OC(C)C)cc2)C(=O)N(c2ccc(F)cc2)C1=O. The lowest BCUT2D eigenvalue weighted by Crippen LogP contribution is -2.32. The van der Waals surface area contributed by atoms with Crippen LogP contribution < -0.4 is 15.0 Å². The molecule has 3 aromatic carbocycles. The third-order valence-electron chi connectivity index (χ3n) is 5.21. The molecule has 1 aliphatic heterocycles. The van der Waals surface area contributed by atoms with Crippen LogP contribution in [0.15, 0.2) is 72.4 Å². The topological polar surface area (TPSA) is 58.6 Å². The van der Waals surface area contributed by atoms with Crippen LogP contribution in [-0.4, -0.2) is 17.9 Å². The minimum Gasteiger partial charge on any atom is -0.491 e. The lowest BCUT2D eigenvalue weighted by Gasteiger charge is -2.16. The lowest BCUT2D eigenvalue weighted by atomic mass is 10.0. The van der Waals surface area contributed by atoms with E-state index in [-0.39, 0.29) is 23.1 Å². The molecule has 2 amide bonds. The Hall–Kier alpha value is -3.64. The third kappa shape index (κ3) is 4.47. The first-order valence-electron chi connectivity index (χ1n) is 10.4. The first-order valence-corrected chi connectivity index (χ1v) is 10.8. The number of nitrogens with zero attached hydrogens (tertiary/aromatic N) is 1. The fraction of sp³-hybridized carbons (Fsp3) is 0.154. The predicted octanol–water partition coefficient (Wildman–Crippen LogP) is 5.97. The first-order chi connectivity index (χ1) is 15.8. The summed E-state index contributed by atoms with van der Waals surface area (Å²) in [4.78, 5) is 27.9. The number of imide groups is 1. The Bertz CT molecular complexity index is 1250.